The number of carbonyl (C=O) groups excluding carboxylic acids is 1. The number of rotatable bonds is 8. The molecule has 0 saturated carbocycles. The maximum atomic E-state index is 11.9. The van der Waals surface area contributed by atoms with Gasteiger partial charge in [-0.25, -0.2) is 0 Å². The van der Waals surface area contributed by atoms with E-state index in [-0.39, 0.29) is 17.7 Å². The van der Waals surface area contributed by atoms with Crippen LogP contribution < -0.4 is 5.32 Å². The monoisotopic (exact) mass is 324 g/mol. The molecule has 0 aliphatic carbocycles. The molecule has 0 aliphatic heterocycles. The molecule has 0 bridgehead atoms. The summed E-state index contributed by atoms with van der Waals surface area (Å²) in [6.07, 6.45) is 1.60. The first-order valence-corrected chi connectivity index (χ1v) is 8.02. The second kappa shape index (κ2) is 8.00. The Hall–Kier alpha value is -1.80. The molecule has 120 valence electrons. The number of carbonyl (C=O) groups is 1. The number of ether oxygens (including phenoxy) is 1. The van der Waals surface area contributed by atoms with Crippen LogP contribution >= 0.6 is 11.8 Å². The van der Waals surface area contributed by atoms with E-state index in [0.29, 0.717) is 29.9 Å². The standard InChI is InChI=1S/C14H20N4O3S/c1-4-18-13(11-6-5-7-21-11)16-17-14(18)22-9-12(19)15-10(2)8-20-3/h5-7,10H,4,8-9H2,1-3H3,(H,15,19). The topological polar surface area (TPSA) is 82.2 Å². The number of thioether (sulfide) groups is 1. The first-order valence-electron chi connectivity index (χ1n) is 7.03. The zero-order valence-electron chi connectivity index (χ0n) is 12.9. The van der Waals surface area contributed by atoms with Gasteiger partial charge in [0.2, 0.25) is 5.91 Å². The molecule has 2 rings (SSSR count). The average molecular weight is 324 g/mol. The highest BCUT2D eigenvalue weighted by molar-refractivity contribution is 7.99. The minimum atomic E-state index is -0.0558. The van der Waals surface area contributed by atoms with Gasteiger partial charge < -0.3 is 14.5 Å². The van der Waals surface area contributed by atoms with Crippen LogP contribution in [0.3, 0.4) is 0 Å². The number of furan rings is 1. The number of hydrogen-bond donors (Lipinski definition) is 1. The molecule has 1 unspecified atom stereocenters. The van der Waals surface area contributed by atoms with Crippen LogP contribution in [0.15, 0.2) is 28.0 Å². The molecule has 0 radical (unpaired) electrons. The van der Waals surface area contributed by atoms with Crippen LogP contribution in [-0.4, -0.2) is 46.2 Å². The minimum absolute atomic E-state index is 0.0131. The second-order valence-electron chi connectivity index (χ2n) is 4.74. The molecule has 2 aromatic rings. The highest BCUT2D eigenvalue weighted by atomic mass is 32.2. The summed E-state index contributed by atoms with van der Waals surface area (Å²) in [5, 5.41) is 11.8. The molecule has 0 aliphatic rings. The fourth-order valence-corrected chi connectivity index (χ4v) is 2.82. The third-order valence-electron chi connectivity index (χ3n) is 2.93. The Morgan fingerprint density at radius 2 is 2.36 bits per heavy atom. The van der Waals surface area contributed by atoms with Crippen LogP contribution in [0, 0.1) is 0 Å². The van der Waals surface area contributed by atoms with Gasteiger partial charge in [-0.3, -0.25) is 9.36 Å². The zero-order chi connectivity index (χ0) is 15.9. The molecule has 8 heteroatoms. The summed E-state index contributed by atoms with van der Waals surface area (Å²) in [7, 11) is 1.61. The van der Waals surface area contributed by atoms with Crippen molar-refractivity contribution in [2.24, 2.45) is 0 Å². The lowest BCUT2D eigenvalue weighted by molar-refractivity contribution is -0.119. The van der Waals surface area contributed by atoms with E-state index >= 15 is 0 Å². The van der Waals surface area contributed by atoms with E-state index in [0.717, 1.165) is 0 Å². The van der Waals surface area contributed by atoms with Gasteiger partial charge >= 0.3 is 0 Å². The Labute approximate surface area is 133 Å². The molecule has 2 heterocycles. The van der Waals surface area contributed by atoms with E-state index in [2.05, 4.69) is 15.5 Å². The van der Waals surface area contributed by atoms with Gasteiger partial charge in [0.05, 0.1) is 18.6 Å². The lowest BCUT2D eigenvalue weighted by atomic mass is 10.3. The summed E-state index contributed by atoms with van der Waals surface area (Å²) in [5.74, 6) is 1.56. The van der Waals surface area contributed by atoms with E-state index in [1.54, 1.807) is 13.4 Å². The van der Waals surface area contributed by atoms with Crippen LogP contribution in [0.2, 0.25) is 0 Å². The molecule has 7 nitrogen and oxygen atoms in total. The summed E-state index contributed by atoms with van der Waals surface area (Å²) >= 11 is 1.35. The van der Waals surface area contributed by atoms with Crippen molar-refractivity contribution in [3.8, 4) is 11.6 Å². The quantitative estimate of drug-likeness (QED) is 0.746. The van der Waals surface area contributed by atoms with Gasteiger partial charge in [-0.05, 0) is 26.0 Å². The van der Waals surface area contributed by atoms with Crippen molar-refractivity contribution in [2.75, 3.05) is 19.5 Å². The Morgan fingerprint density at radius 3 is 3.00 bits per heavy atom. The van der Waals surface area contributed by atoms with Gasteiger partial charge in [-0.15, -0.1) is 10.2 Å². The molecule has 0 spiro atoms. The van der Waals surface area contributed by atoms with Gasteiger partial charge in [0.1, 0.15) is 0 Å². The maximum Gasteiger partial charge on any atom is 0.230 e. The zero-order valence-corrected chi connectivity index (χ0v) is 13.7. The maximum absolute atomic E-state index is 11.9. The highest BCUT2D eigenvalue weighted by Gasteiger charge is 2.16. The lowest BCUT2D eigenvalue weighted by Crippen LogP contribution is -2.36. The summed E-state index contributed by atoms with van der Waals surface area (Å²) in [4.78, 5) is 11.9. The predicted molar refractivity (Wildman–Crippen MR) is 83.6 cm³/mol. The summed E-state index contributed by atoms with van der Waals surface area (Å²) in [5.41, 5.74) is 0. The van der Waals surface area contributed by atoms with Crippen molar-refractivity contribution in [3.05, 3.63) is 18.4 Å². The van der Waals surface area contributed by atoms with Crippen molar-refractivity contribution in [1.82, 2.24) is 20.1 Å². The second-order valence-corrected chi connectivity index (χ2v) is 5.68. The van der Waals surface area contributed by atoms with Crippen LogP contribution in [0.1, 0.15) is 13.8 Å². The molecular formula is C14H20N4O3S. The summed E-state index contributed by atoms with van der Waals surface area (Å²) < 4.78 is 12.3. The SMILES string of the molecule is CCn1c(SCC(=O)NC(C)COC)nnc1-c1ccco1. The number of methoxy groups -OCH3 is 1. The number of nitrogens with zero attached hydrogens (tertiary/aromatic N) is 3. The van der Waals surface area contributed by atoms with Crippen molar-refractivity contribution in [3.63, 3.8) is 0 Å². The van der Waals surface area contributed by atoms with Gasteiger partial charge in [-0.2, -0.15) is 0 Å². The fraction of sp³-hybridized carbons (Fsp3) is 0.500. The van der Waals surface area contributed by atoms with Gasteiger partial charge in [-0.1, -0.05) is 11.8 Å². The number of aromatic nitrogens is 3. The Bertz CT molecular complexity index is 597. The van der Waals surface area contributed by atoms with Crippen molar-refractivity contribution < 1.29 is 13.9 Å². The van der Waals surface area contributed by atoms with Crippen LogP contribution in [0.5, 0.6) is 0 Å². The molecule has 1 N–H and O–H groups in total. The summed E-state index contributed by atoms with van der Waals surface area (Å²) in [6.45, 7) is 5.09. The Balaban J connectivity index is 1.97. The third kappa shape index (κ3) is 4.11. The van der Waals surface area contributed by atoms with Crippen molar-refractivity contribution in [1.29, 1.82) is 0 Å². The van der Waals surface area contributed by atoms with E-state index < -0.39 is 0 Å². The Morgan fingerprint density at radius 1 is 1.55 bits per heavy atom. The number of nitrogens with one attached hydrogen (secondary N) is 1. The van der Waals surface area contributed by atoms with E-state index in [1.807, 2.05) is 30.5 Å². The van der Waals surface area contributed by atoms with Crippen LogP contribution in [0.4, 0.5) is 0 Å². The molecule has 1 amide bonds. The average Bonchev–Trinajstić information content (AvgIpc) is 3.13. The lowest BCUT2D eigenvalue weighted by Gasteiger charge is -2.12. The molecule has 1 atom stereocenters. The van der Waals surface area contributed by atoms with Crippen molar-refractivity contribution in [2.45, 2.75) is 31.6 Å². The van der Waals surface area contributed by atoms with Crippen LogP contribution in [0.25, 0.3) is 11.6 Å². The van der Waals surface area contributed by atoms with Gasteiger partial charge in [0.15, 0.2) is 16.7 Å². The van der Waals surface area contributed by atoms with Gasteiger partial charge in [0.25, 0.3) is 0 Å². The largest absolute Gasteiger partial charge is 0.461 e. The smallest absolute Gasteiger partial charge is 0.230 e. The number of amides is 1. The highest BCUT2D eigenvalue weighted by Crippen LogP contribution is 2.23. The molecule has 22 heavy (non-hydrogen) atoms. The molecule has 0 aromatic carbocycles. The fourth-order valence-electron chi connectivity index (χ4n) is 2.01. The third-order valence-corrected chi connectivity index (χ3v) is 3.90. The van der Waals surface area contributed by atoms with Crippen LogP contribution in [-0.2, 0) is 16.1 Å². The van der Waals surface area contributed by atoms with E-state index in [9.17, 15) is 4.79 Å². The molecule has 2 aromatic heterocycles. The number of hydrogen-bond acceptors (Lipinski definition) is 6. The minimum Gasteiger partial charge on any atom is -0.461 e. The van der Waals surface area contributed by atoms with E-state index in [4.69, 9.17) is 9.15 Å². The van der Waals surface area contributed by atoms with E-state index in [1.165, 1.54) is 11.8 Å². The normalized spacial score (nSPS) is 12.3. The van der Waals surface area contributed by atoms with Crippen molar-refractivity contribution >= 4 is 17.7 Å². The molecular weight excluding hydrogens is 304 g/mol. The first-order chi connectivity index (χ1) is 10.7. The van der Waals surface area contributed by atoms with Gasteiger partial charge in [0, 0.05) is 19.7 Å². The summed E-state index contributed by atoms with van der Waals surface area (Å²) in [6, 6.07) is 3.63. The first kappa shape index (κ1) is 16.6. The molecule has 0 saturated heterocycles. The predicted octanol–water partition coefficient (Wildman–Crippen LogP) is 1.80. The molecule has 0 fully saturated rings. The Kier molecular flexibility index (Phi) is 6.02.